The van der Waals surface area contributed by atoms with E-state index in [4.69, 9.17) is 28.3 Å². The van der Waals surface area contributed by atoms with E-state index >= 15 is 0 Å². The number of fused-ring (bicyclic) bond motifs is 1. The highest BCUT2D eigenvalue weighted by Gasteiger charge is 2.32. The first-order valence-electron chi connectivity index (χ1n) is 11.4. The first-order valence-corrected chi connectivity index (χ1v) is 13.0. The topological polar surface area (TPSA) is 115 Å². The predicted molar refractivity (Wildman–Crippen MR) is 149 cm³/mol. The van der Waals surface area contributed by atoms with E-state index in [0.29, 0.717) is 28.7 Å². The van der Waals surface area contributed by atoms with Gasteiger partial charge in [0, 0.05) is 49.8 Å². The minimum atomic E-state index is -0.874. The number of tetrazole rings is 1. The van der Waals surface area contributed by atoms with Gasteiger partial charge >= 0.3 is 5.97 Å². The van der Waals surface area contributed by atoms with Crippen LogP contribution in [0.3, 0.4) is 0 Å². The number of allylic oxidation sites excluding steroid dienone is 1. The zero-order valence-electron chi connectivity index (χ0n) is 19.5. The van der Waals surface area contributed by atoms with Crippen molar-refractivity contribution in [1.82, 2.24) is 24.8 Å². The second-order valence-corrected chi connectivity index (χ2v) is 10.8. The molecule has 1 aromatic carbocycles. The normalized spacial score (nSPS) is 16.4. The SMILES string of the molecule is Cl.O=C(O)Cc1ccc(C2=C(Cl)N=C([C@@H]3CCc4cc(-c5cc(Cl)ccc5-n5cnnn5)cc(=O)n43)C2)s1. The van der Waals surface area contributed by atoms with Gasteiger partial charge in [-0.05, 0) is 65.2 Å². The van der Waals surface area contributed by atoms with Crippen molar-refractivity contribution in [1.29, 1.82) is 0 Å². The van der Waals surface area contributed by atoms with Crippen molar-refractivity contribution >= 4 is 64.2 Å². The van der Waals surface area contributed by atoms with Gasteiger partial charge < -0.3 is 9.67 Å². The van der Waals surface area contributed by atoms with Crippen LogP contribution in [0.2, 0.25) is 5.02 Å². The van der Waals surface area contributed by atoms with E-state index in [1.165, 1.54) is 22.3 Å². The standard InChI is InChI=1S/C25H18Cl2N6O3S.ClH/c26-14-1-4-20(32-12-28-30-31-32)17(9-14)13-7-15-2-5-21(33(15)23(34)8-13)19-11-18(25(27)29-19)22-6-3-16(37-22)10-24(35)36;/h1,3-4,6-9,12,21H,2,5,10-11H2,(H,35,36);1H/t21-;/m0./s1. The molecule has 2 aliphatic heterocycles. The van der Waals surface area contributed by atoms with Crippen LogP contribution >= 0.6 is 46.9 Å². The highest BCUT2D eigenvalue weighted by molar-refractivity contribution is 7.13. The van der Waals surface area contributed by atoms with Crippen LogP contribution in [-0.4, -0.2) is 41.6 Å². The number of aryl methyl sites for hydroxylation is 1. The molecule has 0 spiro atoms. The summed E-state index contributed by atoms with van der Waals surface area (Å²) in [5, 5.41) is 21.4. The number of pyridine rings is 1. The third-order valence-electron chi connectivity index (χ3n) is 6.52. The van der Waals surface area contributed by atoms with Crippen LogP contribution in [0.25, 0.3) is 22.4 Å². The minimum Gasteiger partial charge on any atom is -0.481 e. The quantitative estimate of drug-likeness (QED) is 0.309. The molecule has 3 aromatic heterocycles. The number of aliphatic imine (C=N–C) groups is 1. The maximum absolute atomic E-state index is 13.4. The van der Waals surface area contributed by atoms with Crippen molar-refractivity contribution in [3.63, 3.8) is 0 Å². The van der Waals surface area contributed by atoms with Crippen LogP contribution in [0.5, 0.6) is 0 Å². The molecule has 0 saturated heterocycles. The molecule has 2 aliphatic rings. The summed E-state index contributed by atoms with van der Waals surface area (Å²) in [5.74, 6) is -0.874. The summed E-state index contributed by atoms with van der Waals surface area (Å²) in [6, 6.07) is 12.5. The third-order valence-corrected chi connectivity index (χ3v) is 8.21. The fourth-order valence-electron chi connectivity index (χ4n) is 4.93. The van der Waals surface area contributed by atoms with Crippen molar-refractivity contribution in [3.05, 3.63) is 84.8 Å². The summed E-state index contributed by atoms with van der Waals surface area (Å²) in [5.41, 5.74) is 4.67. The summed E-state index contributed by atoms with van der Waals surface area (Å²) >= 11 is 14.2. The molecule has 0 unspecified atom stereocenters. The summed E-state index contributed by atoms with van der Waals surface area (Å²) in [6.07, 6.45) is 3.43. The van der Waals surface area contributed by atoms with Crippen LogP contribution in [-0.2, 0) is 17.6 Å². The van der Waals surface area contributed by atoms with Crippen molar-refractivity contribution < 1.29 is 9.90 Å². The number of nitrogens with zero attached hydrogens (tertiary/aromatic N) is 6. The Labute approximate surface area is 236 Å². The Bertz CT molecular complexity index is 1680. The molecule has 0 saturated carbocycles. The summed E-state index contributed by atoms with van der Waals surface area (Å²) < 4.78 is 3.33. The van der Waals surface area contributed by atoms with Gasteiger partial charge in [-0.3, -0.25) is 9.59 Å². The Morgan fingerprint density at radius 1 is 1.16 bits per heavy atom. The number of carboxylic acid groups (broad SMARTS) is 1. The van der Waals surface area contributed by atoms with Gasteiger partial charge in [-0.15, -0.1) is 28.8 Å². The Kier molecular flexibility index (Phi) is 7.23. The molecule has 6 rings (SSSR count). The molecular formula is C25H19Cl3N6O3S. The summed E-state index contributed by atoms with van der Waals surface area (Å²) in [6.45, 7) is 0. The third kappa shape index (κ3) is 4.80. The van der Waals surface area contributed by atoms with Gasteiger partial charge in [-0.2, -0.15) is 4.68 Å². The molecule has 0 radical (unpaired) electrons. The van der Waals surface area contributed by atoms with Crippen LogP contribution in [0.4, 0.5) is 0 Å². The average Bonchev–Trinajstić information content (AvgIpc) is 3.65. The molecule has 1 N–H and O–H groups in total. The highest BCUT2D eigenvalue weighted by Crippen LogP contribution is 2.40. The average molecular weight is 590 g/mol. The zero-order valence-corrected chi connectivity index (χ0v) is 22.7. The number of hydrogen-bond donors (Lipinski definition) is 1. The molecule has 38 heavy (non-hydrogen) atoms. The lowest BCUT2D eigenvalue weighted by atomic mass is 10.0. The Balaban J connectivity index is 0.00000294. The van der Waals surface area contributed by atoms with Crippen molar-refractivity contribution in [2.24, 2.45) is 4.99 Å². The van der Waals surface area contributed by atoms with Gasteiger partial charge in [0.25, 0.3) is 5.56 Å². The number of carboxylic acids is 1. The number of aromatic nitrogens is 5. The fourth-order valence-corrected chi connectivity index (χ4v) is 6.48. The molecule has 1 atom stereocenters. The number of thiophene rings is 1. The van der Waals surface area contributed by atoms with E-state index in [1.54, 1.807) is 28.8 Å². The van der Waals surface area contributed by atoms with Crippen molar-refractivity contribution in [2.75, 3.05) is 0 Å². The van der Waals surface area contributed by atoms with Gasteiger partial charge in [0.2, 0.25) is 0 Å². The maximum Gasteiger partial charge on any atom is 0.308 e. The number of hydrogen-bond acceptors (Lipinski definition) is 7. The van der Waals surface area contributed by atoms with E-state index in [2.05, 4.69) is 20.5 Å². The van der Waals surface area contributed by atoms with E-state index in [1.807, 2.05) is 18.2 Å². The fraction of sp³-hybridized carbons (Fsp3) is 0.200. The van der Waals surface area contributed by atoms with Gasteiger partial charge in [-0.25, -0.2) is 4.99 Å². The van der Waals surface area contributed by atoms with E-state index in [9.17, 15) is 9.59 Å². The Morgan fingerprint density at radius 2 is 2.00 bits per heavy atom. The van der Waals surface area contributed by atoms with Crippen molar-refractivity contribution in [3.8, 4) is 16.8 Å². The summed E-state index contributed by atoms with van der Waals surface area (Å²) in [7, 11) is 0. The monoisotopic (exact) mass is 588 g/mol. The number of halogens is 3. The van der Waals surface area contributed by atoms with Crippen LogP contribution < -0.4 is 5.56 Å². The molecule has 4 aromatic rings. The van der Waals surface area contributed by atoms with Crippen LogP contribution in [0.15, 0.2) is 63.7 Å². The van der Waals surface area contributed by atoms with E-state index in [-0.39, 0.29) is 30.4 Å². The van der Waals surface area contributed by atoms with E-state index in [0.717, 1.165) is 44.3 Å². The second-order valence-electron chi connectivity index (χ2n) is 8.80. The smallest absolute Gasteiger partial charge is 0.308 e. The molecular weight excluding hydrogens is 571 g/mol. The number of aliphatic carboxylic acids is 1. The number of rotatable bonds is 6. The van der Waals surface area contributed by atoms with Crippen LogP contribution in [0.1, 0.15) is 34.3 Å². The Morgan fingerprint density at radius 3 is 2.76 bits per heavy atom. The van der Waals surface area contributed by atoms with Crippen molar-refractivity contribution in [2.45, 2.75) is 31.7 Å². The molecule has 0 amide bonds. The maximum atomic E-state index is 13.4. The molecule has 0 fully saturated rings. The molecule has 5 heterocycles. The minimum absolute atomic E-state index is 0. The molecule has 194 valence electrons. The largest absolute Gasteiger partial charge is 0.481 e. The lowest BCUT2D eigenvalue weighted by molar-refractivity contribution is -0.136. The van der Waals surface area contributed by atoms with Gasteiger partial charge in [0.15, 0.2) is 0 Å². The second kappa shape index (κ2) is 10.5. The first kappa shape index (κ1) is 26.3. The number of carbonyl (C=O) groups is 1. The zero-order chi connectivity index (χ0) is 25.7. The Hall–Kier alpha value is -3.31. The molecule has 13 heteroatoms. The van der Waals surface area contributed by atoms with Gasteiger partial charge in [-0.1, -0.05) is 23.2 Å². The van der Waals surface area contributed by atoms with Crippen LogP contribution in [0, 0.1) is 0 Å². The predicted octanol–water partition coefficient (Wildman–Crippen LogP) is 5.19. The lowest BCUT2D eigenvalue weighted by Crippen LogP contribution is -2.27. The molecule has 0 bridgehead atoms. The highest BCUT2D eigenvalue weighted by atomic mass is 35.5. The summed E-state index contributed by atoms with van der Waals surface area (Å²) in [4.78, 5) is 30.7. The molecule has 9 nitrogen and oxygen atoms in total. The first-order chi connectivity index (χ1) is 17.9. The van der Waals surface area contributed by atoms with Gasteiger partial charge in [0.05, 0.1) is 18.2 Å². The number of benzene rings is 1. The van der Waals surface area contributed by atoms with E-state index < -0.39 is 5.97 Å². The lowest BCUT2D eigenvalue weighted by Gasteiger charge is -2.16. The van der Waals surface area contributed by atoms with Gasteiger partial charge in [0.1, 0.15) is 11.5 Å². The molecule has 0 aliphatic carbocycles.